The van der Waals surface area contributed by atoms with Crippen LogP contribution in [0.3, 0.4) is 0 Å². The number of nitrogens with zero attached hydrogens (tertiary/aromatic N) is 2. The lowest BCUT2D eigenvalue weighted by atomic mass is 10.0. The summed E-state index contributed by atoms with van der Waals surface area (Å²) in [5.41, 5.74) is 3.57. The standard InChI is InChI=1S/C24H21F2N3O3/c1-14-10-16-12-17(13-27-21(30)8-6-15-4-3-5-19(25)23(15)26)32-24(16)18(11-14)20-7-9-22(31-2)29-28-20/h3-11,17H,12-13H2,1-2H3,(H,27,30). The van der Waals surface area contributed by atoms with Gasteiger partial charge in [-0.1, -0.05) is 18.2 Å². The first-order chi connectivity index (χ1) is 15.4. The summed E-state index contributed by atoms with van der Waals surface area (Å²) in [5, 5.41) is 11.0. The van der Waals surface area contributed by atoms with E-state index in [0.29, 0.717) is 23.7 Å². The second-order valence-electron chi connectivity index (χ2n) is 7.43. The van der Waals surface area contributed by atoms with Gasteiger partial charge in [0.15, 0.2) is 11.6 Å². The van der Waals surface area contributed by atoms with E-state index in [1.54, 1.807) is 6.07 Å². The highest BCUT2D eigenvalue weighted by Crippen LogP contribution is 2.39. The summed E-state index contributed by atoms with van der Waals surface area (Å²) in [4.78, 5) is 12.1. The number of hydrogen-bond acceptors (Lipinski definition) is 5. The Balaban J connectivity index is 1.42. The Kier molecular flexibility index (Phi) is 6.11. The van der Waals surface area contributed by atoms with E-state index < -0.39 is 17.5 Å². The van der Waals surface area contributed by atoms with Crippen LogP contribution in [0, 0.1) is 18.6 Å². The predicted octanol–water partition coefficient (Wildman–Crippen LogP) is 3.87. The molecule has 6 nitrogen and oxygen atoms in total. The van der Waals surface area contributed by atoms with Crippen molar-refractivity contribution >= 4 is 12.0 Å². The maximum atomic E-state index is 13.7. The monoisotopic (exact) mass is 437 g/mol. The maximum Gasteiger partial charge on any atom is 0.244 e. The molecule has 1 aliphatic rings. The lowest BCUT2D eigenvalue weighted by Gasteiger charge is -2.13. The van der Waals surface area contributed by atoms with Gasteiger partial charge in [-0.15, -0.1) is 10.2 Å². The molecule has 1 aliphatic heterocycles. The summed E-state index contributed by atoms with van der Waals surface area (Å²) < 4.78 is 38.1. The summed E-state index contributed by atoms with van der Waals surface area (Å²) in [6.45, 7) is 2.25. The number of carbonyl (C=O) groups is 1. The van der Waals surface area contributed by atoms with Gasteiger partial charge in [0.2, 0.25) is 11.8 Å². The number of ether oxygens (including phenoxy) is 2. The molecule has 0 radical (unpaired) electrons. The van der Waals surface area contributed by atoms with Crippen LogP contribution < -0.4 is 14.8 Å². The minimum absolute atomic E-state index is 0.00499. The van der Waals surface area contributed by atoms with Crippen molar-refractivity contribution < 1.29 is 23.0 Å². The molecular formula is C24H21F2N3O3. The zero-order chi connectivity index (χ0) is 22.7. The van der Waals surface area contributed by atoms with Crippen molar-refractivity contribution in [1.29, 1.82) is 0 Å². The van der Waals surface area contributed by atoms with E-state index in [-0.39, 0.29) is 18.2 Å². The van der Waals surface area contributed by atoms with Gasteiger partial charge in [-0.3, -0.25) is 4.79 Å². The number of fused-ring (bicyclic) bond motifs is 1. The Morgan fingerprint density at radius 2 is 2.09 bits per heavy atom. The molecule has 1 atom stereocenters. The molecule has 1 N–H and O–H groups in total. The molecule has 0 aliphatic carbocycles. The fraction of sp³-hybridized carbons (Fsp3) is 0.208. The molecule has 2 aromatic carbocycles. The summed E-state index contributed by atoms with van der Waals surface area (Å²) >= 11 is 0. The SMILES string of the molecule is COc1ccc(-c2cc(C)cc3c2OC(CNC(=O)C=Cc2cccc(F)c2F)C3)nn1. The van der Waals surface area contributed by atoms with E-state index in [0.717, 1.165) is 22.8 Å². The van der Waals surface area contributed by atoms with Crippen LogP contribution in [-0.4, -0.2) is 35.9 Å². The highest BCUT2D eigenvalue weighted by molar-refractivity contribution is 5.91. The van der Waals surface area contributed by atoms with Gasteiger partial charge in [0.05, 0.1) is 19.3 Å². The number of hydrogen-bond donors (Lipinski definition) is 1. The topological polar surface area (TPSA) is 73.3 Å². The Morgan fingerprint density at radius 3 is 2.84 bits per heavy atom. The molecule has 1 amide bonds. The average Bonchev–Trinajstić information content (AvgIpc) is 3.21. The quantitative estimate of drug-likeness (QED) is 0.593. The largest absolute Gasteiger partial charge is 0.487 e. The molecule has 0 saturated carbocycles. The minimum atomic E-state index is -0.990. The molecule has 0 bridgehead atoms. The highest BCUT2D eigenvalue weighted by atomic mass is 19.2. The summed E-state index contributed by atoms with van der Waals surface area (Å²) in [5.74, 6) is -1.24. The first-order valence-electron chi connectivity index (χ1n) is 10.0. The van der Waals surface area contributed by atoms with Gasteiger partial charge < -0.3 is 14.8 Å². The van der Waals surface area contributed by atoms with Crippen molar-refractivity contribution in [1.82, 2.24) is 15.5 Å². The predicted molar refractivity (Wildman–Crippen MR) is 115 cm³/mol. The number of nitrogens with one attached hydrogen (secondary N) is 1. The molecule has 3 aromatic rings. The zero-order valence-corrected chi connectivity index (χ0v) is 17.6. The van der Waals surface area contributed by atoms with Crippen LogP contribution in [0.4, 0.5) is 8.78 Å². The Hall–Kier alpha value is -3.81. The third-order valence-corrected chi connectivity index (χ3v) is 5.07. The van der Waals surface area contributed by atoms with Crippen LogP contribution in [-0.2, 0) is 11.2 Å². The minimum Gasteiger partial charge on any atom is -0.487 e. The van der Waals surface area contributed by atoms with Crippen LogP contribution in [0.5, 0.6) is 11.6 Å². The van der Waals surface area contributed by atoms with Gasteiger partial charge in [0.1, 0.15) is 11.9 Å². The number of aryl methyl sites for hydroxylation is 1. The van der Waals surface area contributed by atoms with E-state index in [2.05, 4.69) is 15.5 Å². The van der Waals surface area contributed by atoms with Crippen molar-refractivity contribution in [2.75, 3.05) is 13.7 Å². The van der Waals surface area contributed by atoms with E-state index in [9.17, 15) is 13.6 Å². The molecule has 32 heavy (non-hydrogen) atoms. The number of carbonyl (C=O) groups excluding carboxylic acids is 1. The van der Waals surface area contributed by atoms with Crippen LogP contribution >= 0.6 is 0 Å². The van der Waals surface area contributed by atoms with Crippen LogP contribution in [0.1, 0.15) is 16.7 Å². The van der Waals surface area contributed by atoms with Crippen molar-refractivity contribution in [3.63, 3.8) is 0 Å². The summed E-state index contributed by atoms with van der Waals surface area (Å²) in [7, 11) is 1.53. The van der Waals surface area contributed by atoms with Gasteiger partial charge >= 0.3 is 0 Å². The number of halogens is 2. The maximum absolute atomic E-state index is 13.7. The molecule has 4 rings (SSSR count). The number of benzene rings is 2. The third kappa shape index (κ3) is 4.59. The molecule has 2 heterocycles. The van der Waals surface area contributed by atoms with Crippen LogP contribution in [0.2, 0.25) is 0 Å². The molecular weight excluding hydrogens is 416 g/mol. The summed E-state index contributed by atoms with van der Waals surface area (Å²) in [6, 6.07) is 11.4. The molecule has 0 fully saturated rings. The highest BCUT2D eigenvalue weighted by Gasteiger charge is 2.27. The number of rotatable bonds is 6. The zero-order valence-electron chi connectivity index (χ0n) is 17.6. The van der Waals surface area contributed by atoms with Crippen molar-refractivity contribution in [2.45, 2.75) is 19.4 Å². The summed E-state index contributed by atoms with van der Waals surface area (Å²) in [6.07, 6.45) is 2.76. The Morgan fingerprint density at radius 1 is 1.25 bits per heavy atom. The first kappa shape index (κ1) is 21.4. The number of amides is 1. The number of aromatic nitrogens is 2. The fourth-order valence-corrected chi connectivity index (χ4v) is 3.56. The Labute approximate surface area is 183 Å². The van der Waals surface area contributed by atoms with Gasteiger partial charge in [0, 0.05) is 29.7 Å². The lowest BCUT2D eigenvalue weighted by molar-refractivity contribution is -0.116. The molecule has 0 saturated heterocycles. The van der Waals surface area contributed by atoms with Crippen molar-refractivity contribution in [2.24, 2.45) is 0 Å². The lowest BCUT2D eigenvalue weighted by Crippen LogP contribution is -2.33. The molecule has 0 spiro atoms. The van der Waals surface area contributed by atoms with E-state index in [1.165, 1.54) is 31.4 Å². The molecule has 1 aromatic heterocycles. The van der Waals surface area contributed by atoms with E-state index in [1.807, 2.05) is 25.1 Å². The van der Waals surface area contributed by atoms with Gasteiger partial charge in [-0.25, -0.2) is 8.78 Å². The molecule has 1 unspecified atom stereocenters. The smallest absolute Gasteiger partial charge is 0.244 e. The van der Waals surface area contributed by atoms with E-state index >= 15 is 0 Å². The average molecular weight is 437 g/mol. The normalized spacial score (nSPS) is 14.8. The third-order valence-electron chi connectivity index (χ3n) is 5.07. The van der Waals surface area contributed by atoms with Crippen molar-refractivity contribution in [3.05, 3.63) is 76.9 Å². The Bertz CT molecular complexity index is 1180. The van der Waals surface area contributed by atoms with Gasteiger partial charge in [-0.05, 0) is 42.3 Å². The fourth-order valence-electron chi connectivity index (χ4n) is 3.56. The van der Waals surface area contributed by atoms with Crippen LogP contribution in [0.15, 0.2) is 48.5 Å². The van der Waals surface area contributed by atoms with Gasteiger partial charge in [-0.2, -0.15) is 0 Å². The second-order valence-corrected chi connectivity index (χ2v) is 7.43. The second kappa shape index (κ2) is 9.13. The van der Waals surface area contributed by atoms with E-state index in [4.69, 9.17) is 9.47 Å². The van der Waals surface area contributed by atoms with Crippen molar-refractivity contribution in [3.8, 4) is 22.9 Å². The number of methoxy groups -OCH3 is 1. The molecule has 164 valence electrons. The first-order valence-corrected chi connectivity index (χ1v) is 10.0. The molecule has 8 heteroatoms. The van der Waals surface area contributed by atoms with Gasteiger partial charge in [0.25, 0.3) is 0 Å². The van der Waals surface area contributed by atoms with Crippen LogP contribution in [0.25, 0.3) is 17.3 Å².